The minimum atomic E-state index is -3.23. The summed E-state index contributed by atoms with van der Waals surface area (Å²) in [6.07, 6.45) is 1.96. The largest absolute Gasteiger partial charge is 0.343 e. The first-order valence-electron chi connectivity index (χ1n) is 9.11. The molecule has 0 bridgehead atoms. The molecule has 142 valence electrons. The predicted octanol–water partition coefficient (Wildman–Crippen LogP) is 1.93. The Balaban J connectivity index is 1.74. The minimum Gasteiger partial charge on any atom is -0.274 e. The molecule has 2 aromatic rings. The first-order chi connectivity index (χ1) is 12.4. The Morgan fingerprint density at radius 1 is 1.23 bits per heavy atom. The zero-order valence-corrected chi connectivity index (χ0v) is 16.1. The van der Waals surface area contributed by atoms with Crippen molar-refractivity contribution >= 4 is 10.0 Å². The van der Waals surface area contributed by atoms with Gasteiger partial charge in [-0.2, -0.15) is 5.10 Å². The van der Waals surface area contributed by atoms with Crippen LogP contribution < -0.4 is 5.69 Å². The van der Waals surface area contributed by atoms with Gasteiger partial charge in [0.05, 0.1) is 11.8 Å². The summed E-state index contributed by atoms with van der Waals surface area (Å²) in [5, 5.41) is 6.42. The summed E-state index contributed by atoms with van der Waals surface area (Å²) in [7, 11) is -3.23. The maximum absolute atomic E-state index is 12.5. The molecule has 0 amide bonds. The molecule has 1 aliphatic heterocycles. The highest BCUT2D eigenvalue weighted by Crippen LogP contribution is 2.28. The number of H-pyrrole nitrogens is 1. The van der Waals surface area contributed by atoms with Crippen molar-refractivity contribution in [3.8, 4) is 0 Å². The standard InChI is InChI=1S/C18H26N4O3S/c1-3-14(2)26(24,25)21-11-9-16(10-12-21)17-19-20-18(23)22(17)13-15-7-5-4-6-8-15/h4-8,14,16H,3,9-13H2,1-2H3,(H,20,23)/t14-/m1/s1. The van der Waals surface area contributed by atoms with Crippen LogP contribution >= 0.6 is 0 Å². The fourth-order valence-corrected chi connectivity index (χ4v) is 5.04. The van der Waals surface area contributed by atoms with Crippen molar-refractivity contribution in [2.24, 2.45) is 0 Å². The molecule has 0 spiro atoms. The third-order valence-corrected chi connectivity index (χ3v) is 7.67. The monoisotopic (exact) mass is 378 g/mol. The highest BCUT2D eigenvalue weighted by atomic mass is 32.2. The average molecular weight is 378 g/mol. The van der Waals surface area contributed by atoms with Crippen LogP contribution in [0.15, 0.2) is 35.1 Å². The highest BCUT2D eigenvalue weighted by molar-refractivity contribution is 7.89. The van der Waals surface area contributed by atoms with E-state index in [4.69, 9.17) is 0 Å². The molecule has 0 saturated carbocycles. The SMILES string of the molecule is CC[C@@H](C)S(=O)(=O)N1CCC(c2n[nH]c(=O)n2Cc2ccccc2)CC1. The van der Waals surface area contributed by atoms with Gasteiger partial charge in [-0.05, 0) is 31.7 Å². The topological polar surface area (TPSA) is 88.1 Å². The van der Waals surface area contributed by atoms with Gasteiger partial charge in [0, 0.05) is 19.0 Å². The molecule has 0 aliphatic carbocycles. The van der Waals surface area contributed by atoms with Gasteiger partial charge in [-0.25, -0.2) is 22.6 Å². The Bertz CT molecular complexity index is 881. The summed E-state index contributed by atoms with van der Waals surface area (Å²) in [5.74, 6) is 0.806. The molecule has 1 saturated heterocycles. The van der Waals surface area contributed by atoms with E-state index in [1.165, 1.54) is 0 Å². The van der Waals surface area contributed by atoms with Crippen molar-refractivity contribution in [2.45, 2.75) is 50.8 Å². The molecule has 26 heavy (non-hydrogen) atoms. The number of nitrogens with zero attached hydrogens (tertiary/aromatic N) is 3. The first-order valence-corrected chi connectivity index (χ1v) is 10.6. The van der Waals surface area contributed by atoms with Crippen LogP contribution in [0.3, 0.4) is 0 Å². The van der Waals surface area contributed by atoms with Crippen LogP contribution in [-0.2, 0) is 16.6 Å². The average Bonchev–Trinajstić information content (AvgIpc) is 3.02. The van der Waals surface area contributed by atoms with Crippen molar-refractivity contribution < 1.29 is 8.42 Å². The third-order valence-electron chi connectivity index (χ3n) is 5.23. The summed E-state index contributed by atoms with van der Waals surface area (Å²) >= 11 is 0. The maximum atomic E-state index is 12.5. The second-order valence-electron chi connectivity index (χ2n) is 6.90. The number of nitrogens with one attached hydrogen (secondary N) is 1. The van der Waals surface area contributed by atoms with Crippen molar-refractivity contribution in [3.05, 3.63) is 52.2 Å². The molecule has 1 N–H and O–H groups in total. The molecule has 1 aromatic heterocycles. The van der Waals surface area contributed by atoms with Crippen LogP contribution in [0.25, 0.3) is 0 Å². The van der Waals surface area contributed by atoms with E-state index in [-0.39, 0.29) is 16.9 Å². The summed E-state index contributed by atoms with van der Waals surface area (Å²) in [4.78, 5) is 12.2. The van der Waals surface area contributed by atoms with Crippen molar-refractivity contribution in [2.75, 3.05) is 13.1 Å². The Morgan fingerprint density at radius 3 is 2.50 bits per heavy atom. The lowest BCUT2D eigenvalue weighted by Crippen LogP contribution is -2.42. The van der Waals surface area contributed by atoms with E-state index in [2.05, 4.69) is 10.2 Å². The van der Waals surface area contributed by atoms with Crippen molar-refractivity contribution in [3.63, 3.8) is 0 Å². The Hall–Kier alpha value is -1.93. The number of piperidine rings is 1. The summed E-state index contributed by atoms with van der Waals surface area (Å²) in [5.41, 5.74) is 0.813. The molecule has 1 aromatic carbocycles. The number of aromatic nitrogens is 3. The van der Waals surface area contributed by atoms with Crippen LogP contribution in [-0.4, -0.2) is 45.8 Å². The van der Waals surface area contributed by atoms with E-state index in [1.807, 2.05) is 37.3 Å². The zero-order valence-electron chi connectivity index (χ0n) is 15.3. The number of rotatable bonds is 6. The second-order valence-corrected chi connectivity index (χ2v) is 9.25. The highest BCUT2D eigenvalue weighted by Gasteiger charge is 2.33. The lowest BCUT2D eigenvalue weighted by atomic mass is 9.97. The lowest BCUT2D eigenvalue weighted by molar-refractivity contribution is 0.306. The first kappa shape index (κ1) is 18.8. The van der Waals surface area contributed by atoms with Crippen molar-refractivity contribution in [1.29, 1.82) is 0 Å². The number of hydrogen-bond donors (Lipinski definition) is 1. The van der Waals surface area contributed by atoms with Gasteiger partial charge < -0.3 is 0 Å². The van der Waals surface area contributed by atoms with Gasteiger partial charge in [-0.1, -0.05) is 37.3 Å². The molecule has 0 unspecified atom stereocenters. The third kappa shape index (κ3) is 3.76. The molecule has 8 heteroatoms. The predicted molar refractivity (Wildman–Crippen MR) is 101 cm³/mol. The zero-order chi connectivity index (χ0) is 18.7. The fourth-order valence-electron chi connectivity index (χ4n) is 3.39. The number of benzene rings is 1. The number of sulfonamides is 1. The molecule has 2 heterocycles. The summed E-state index contributed by atoms with van der Waals surface area (Å²) < 4.78 is 28.3. The van der Waals surface area contributed by atoms with Crippen LogP contribution in [0.1, 0.15) is 50.4 Å². The smallest absolute Gasteiger partial charge is 0.274 e. The Morgan fingerprint density at radius 2 is 1.88 bits per heavy atom. The Kier molecular flexibility index (Phi) is 5.62. The molecular formula is C18H26N4O3S. The normalized spacial score (nSPS) is 18.1. The van der Waals surface area contributed by atoms with Gasteiger partial charge in [0.2, 0.25) is 10.0 Å². The van der Waals surface area contributed by atoms with Gasteiger partial charge in [-0.3, -0.25) is 4.57 Å². The number of hydrogen-bond acceptors (Lipinski definition) is 4. The van der Waals surface area contributed by atoms with E-state index in [1.54, 1.807) is 15.8 Å². The molecule has 7 nitrogen and oxygen atoms in total. The fraction of sp³-hybridized carbons (Fsp3) is 0.556. The van der Waals surface area contributed by atoms with Gasteiger partial charge in [0.1, 0.15) is 5.82 Å². The summed E-state index contributed by atoms with van der Waals surface area (Å²) in [6, 6.07) is 9.78. The van der Waals surface area contributed by atoms with Crippen LogP contribution in [0, 0.1) is 0 Å². The van der Waals surface area contributed by atoms with E-state index in [0.29, 0.717) is 38.9 Å². The lowest BCUT2D eigenvalue weighted by Gasteiger charge is -2.32. The van der Waals surface area contributed by atoms with Crippen LogP contribution in [0.2, 0.25) is 0 Å². The quantitative estimate of drug-likeness (QED) is 0.832. The van der Waals surface area contributed by atoms with Crippen LogP contribution in [0.4, 0.5) is 0 Å². The number of aromatic amines is 1. The minimum absolute atomic E-state index is 0.0843. The van der Waals surface area contributed by atoms with E-state index in [9.17, 15) is 13.2 Å². The van der Waals surface area contributed by atoms with Gasteiger partial charge in [-0.15, -0.1) is 0 Å². The van der Waals surface area contributed by atoms with Gasteiger partial charge in [0.25, 0.3) is 0 Å². The molecule has 1 fully saturated rings. The van der Waals surface area contributed by atoms with Gasteiger partial charge >= 0.3 is 5.69 Å². The van der Waals surface area contributed by atoms with Crippen molar-refractivity contribution in [1.82, 2.24) is 19.1 Å². The van der Waals surface area contributed by atoms with E-state index >= 15 is 0 Å². The molecule has 0 radical (unpaired) electrons. The van der Waals surface area contributed by atoms with E-state index in [0.717, 1.165) is 11.4 Å². The molecule has 1 atom stereocenters. The van der Waals surface area contributed by atoms with Crippen LogP contribution in [0.5, 0.6) is 0 Å². The Labute approximate surface area is 154 Å². The molecule has 3 rings (SSSR count). The maximum Gasteiger partial charge on any atom is 0.343 e. The van der Waals surface area contributed by atoms with E-state index < -0.39 is 10.0 Å². The van der Waals surface area contributed by atoms with Gasteiger partial charge in [0.15, 0.2) is 0 Å². The summed E-state index contributed by atoms with van der Waals surface area (Å²) in [6.45, 7) is 5.07. The second kappa shape index (κ2) is 7.75. The molecular weight excluding hydrogens is 352 g/mol. The molecule has 1 aliphatic rings.